The van der Waals surface area contributed by atoms with E-state index in [1.807, 2.05) is 54.3 Å². The Labute approximate surface area is 181 Å². The van der Waals surface area contributed by atoms with Crippen molar-refractivity contribution in [1.82, 2.24) is 0 Å². The fourth-order valence-electron chi connectivity index (χ4n) is 4.38. The third kappa shape index (κ3) is 3.38. The summed E-state index contributed by atoms with van der Waals surface area (Å²) in [4.78, 5) is 28.9. The van der Waals surface area contributed by atoms with Crippen molar-refractivity contribution in [2.24, 2.45) is 5.92 Å². The van der Waals surface area contributed by atoms with Crippen LogP contribution in [0.4, 0.5) is 16.2 Å². The summed E-state index contributed by atoms with van der Waals surface area (Å²) < 4.78 is 10.1. The number of hydrogen-bond acceptors (Lipinski definition) is 5. The molecule has 1 unspecified atom stereocenters. The fourth-order valence-corrected chi connectivity index (χ4v) is 4.38. The zero-order valence-corrected chi connectivity index (χ0v) is 17.7. The summed E-state index contributed by atoms with van der Waals surface area (Å²) in [6.45, 7) is 2.98. The summed E-state index contributed by atoms with van der Waals surface area (Å²) in [7, 11) is 1.37. The summed E-state index contributed by atoms with van der Waals surface area (Å²) in [5, 5.41) is 10.5. The van der Waals surface area contributed by atoms with Crippen molar-refractivity contribution in [2.45, 2.75) is 31.4 Å². The second-order valence-electron chi connectivity index (χ2n) is 8.72. The van der Waals surface area contributed by atoms with Crippen LogP contribution in [0.15, 0.2) is 42.5 Å². The van der Waals surface area contributed by atoms with Crippen LogP contribution in [0.2, 0.25) is 0 Å². The van der Waals surface area contributed by atoms with E-state index in [-0.39, 0.29) is 17.9 Å². The van der Waals surface area contributed by atoms with E-state index in [4.69, 9.17) is 9.47 Å². The number of carbonyl (C=O) groups excluding carboxylic acids is 2. The van der Waals surface area contributed by atoms with Gasteiger partial charge in [-0.15, -0.1) is 0 Å². The van der Waals surface area contributed by atoms with Gasteiger partial charge >= 0.3 is 6.09 Å². The van der Waals surface area contributed by atoms with Gasteiger partial charge in [-0.1, -0.05) is 30.3 Å². The lowest BCUT2D eigenvalue weighted by atomic mass is 9.90. The first-order valence-electron chi connectivity index (χ1n) is 10.6. The first-order valence-corrected chi connectivity index (χ1v) is 10.6. The average molecular weight is 422 g/mol. The highest BCUT2D eigenvalue weighted by atomic mass is 16.5. The summed E-state index contributed by atoms with van der Waals surface area (Å²) >= 11 is 0. The highest BCUT2D eigenvalue weighted by molar-refractivity contribution is 6.05. The molecule has 2 heterocycles. The van der Waals surface area contributed by atoms with Crippen LogP contribution in [-0.4, -0.2) is 50.0 Å². The maximum Gasteiger partial charge on any atom is 0.414 e. The van der Waals surface area contributed by atoms with Crippen molar-refractivity contribution in [3.8, 4) is 11.1 Å². The Hall–Kier alpha value is -2.90. The van der Waals surface area contributed by atoms with E-state index < -0.39 is 11.7 Å². The highest BCUT2D eigenvalue weighted by Gasteiger charge is 2.41. The van der Waals surface area contributed by atoms with Gasteiger partial charge < -0.3 is 19.5 Å². The van der Waals surface area contributed by atoms with Gasteiger partial charge in [0.25, 0.3) is 0 Å². The second kappa shape index (κ2) is 7.35. The molecule has 3 aliphatic rings. The Kier molecular flexibility index (Phi) is 4.75. The molecule has 1 saturated heterocycles. The molecule has 2 amide bonds. The summed E-state index contributed by atoms with van der Waals surface area (Å²) in [6.07, 6.45) is 1.42. The van der Waals surface area contributed by atoms with Gasteiger partial charge in [0.1, 0.15) is 5.60 Å². The van der Waals surface area contributed by atoms with Crippen LogP contribution in [-0.2, 0) is 19.9 Å². The van der Waals surface area contributed by atoms with Gasteiger partial charge in [0.15, 0.2) is 0 Å². The molecule has 162 valence electrons. The largest absolute Gasteiger partial charge is 0.452 e. The van der Waals surface area contributed by atoms with Gasteiger partial charge in [0.05, 0.1) is 37.7 Å². The SMILES string of the molecule is COC(=O)N1c2ccc(-c3ccc(C4(O)COC4)cc3)cc2N(C(=O)C2CC2)CC1C. The topological polar surface area (TPSA) is 79.3 Å². The first-order chi connectivity index (χ1) is 14.9. The molecule has 7 heteroatoms. The van der Waals surface area contributed by atoms with Crippen LogP contribution in [0.3, 0.4) is 0 Å². The number of hydrogen-bond donors (Lipinski definition) is 1. The molecule has 7 nitrogen and oxygen atoms in total. The number of amides is 2. The van der Waals surface area contributed by atoms with E-state index in [2.05, 4.69) is 0 Å². The standard InChI is InChI=1S/C24H26N2O5/c1-15-12-25(22(27)17-3-4-17)21-11-18(7-10-20(21)26(15)23(28)30-2)16-5-8-19(9-6-16)24(29)13-31-14-24/h5-11,15,17,29H,3-4,12-14H2,1-2H3. The van der Waals surface area contributed by atoms with E-state index in [9.17, 15) is 14.7 Å². The molecule has 0 aromatic heterocycles. The van der Waals surface area contributed by atoms with E-state index in [0.717, 1.165) is 35.2 Å². The first kappa shape index (κ1) is 20.0. The number of ether oxygens (including phenoxy) is 2. The molecular weight excluding hydrogens is 396 g/mol. The molecule has 1 atom stereocenters. The Morgan fingerprint density at radius 2 is 1.74 bits per heavy atom. The van der Waals surface area contributed by atoms with Crippen molar-refractivity contribution in [3.05, 3.63) is 48.0 Å². The monoisotopic (exact) mass is 422 g/mol. The van der Waals surface area contributed by atoms with Crippen LogP contribution < -0.4 is 9.80 Å². The minimum absolute atomic E-state index is 0.0816. The molecule has 2 fully saturated rings. The van der Waals surface area contributed by atoms with Crippen molar-refractivity contribution in [2.75, 3.05) is 36.7 Å². The number of nitrogens with zero attached hydrogens (tertiary/aromatic N) is 2. The third-order valence-electron chi connectivity index (χ3n) is 6.41. The van der Waals surface area contributed by atoms with Crippen LogP contribution in [0.5, 0.6) is 0 Å². The Morgan fingerprint density at radius 3 is 2.32 bits per heavy atom. The van der Waals surface area contributed by atoms with Crippen molar-refractivity contribution in [1.29, 1.82) is 0 Å². The Balaban J connectivity index is 1.53. The smallest absolute Gasteiger partial charge is 0.414 e. The maximum absolute atomic E-state index is 13.0. The molecule has 2 aliphatic heterocycles. The molecular formula is C24H26N2O5. The van der Waals surface area contributed by atoms with Crippen molar-refractivity contribution < 1.29 is 24.2 Å². The van der Waals surface area contributed by atoms with E-state index in [0.29, 0.717) is 25.4 Å². The van der Waals surface area contributed by atoms with Gasteiger partial charge in [0.2, 0.25) is 5.91 Å². The van der Waals surface area contributed by atoms with E-state index >= 15 is 0 Å². The van der Waals surface area contributed by atoms with Crippen LogP contribution in [0.1, 0.15) is 25.3 Å². The molecule has 0 radical (unpaired) electrons. The zero-order valence-electron chi connectivity index (χ0n) is 17.7. The Bertz CT molecular complexity index is 1030. The quantitative estimate of drug-likeness (QED) is 0.821. The van der Waals surface area contributed by atoms with Gasteiger partial charge in [-0.2, -0.15) is 0 Å². The number of aliphatic hydroxyl groups is 1. The van der Waals surface area contributed by atoms with Gasteiger partial charge in [0, 0.05) is 12.5 Å². The predicted molar refractivity (Wildman–Crippen MR) is 116 cm³/mol. The van der Waals surface area contributed by atoms with Gasteiger partial charge in [-0.3, -0.25) is 9.69 Å². The lowest BCUT2D eigenvalue weighted by Gasteiger charge is -2.40. The van der Waals surface area contributed by atoms with Crippen molar-refractivity contribution >= 4 is 23.4 Å². The minimum atomic E-state index is -0.904. The molecule has 0 bridgehead atoms. The van der Waals surface area contributed by atoms with Crippen LogP contribution in [0, 0.1) is 5.92 Å². The van der Waals surface area contributed by atoms with Crippen molar-refractivity contribution in [3.63, 3.8) is 0 Å². The number of anilines is 2. The molecule has 2 aromatic carbocycles. The molecule has 1 saturated carbocycles. The highest BCUT2D eigenvalue weighted by Crippen LogP contribution is 2.42. The number of rotatable bonds is 3. The normalized spacial score (nSPS) is 21.8. The second-order valence-corrected chi connectivity index (χ2v) is 8.72. The summed E-state index contributed by atoms with van der Waals surface area (Å²) in [6, 6.07) is 13.4. The molecule has 0 spiro atoms. The molecule has 2 aromatic rings. The fraction of sp³-hybridized carbons (Fsp3) is 0.417. The molecule has 1 N–H and O–H groups in total. The van der Waals surface area contributed by atoms with Crippen LogP contribution in [0.25, 0.3) is 11.1 Å². The lowest BCUT2D eigenvalue weighted by molar-refractivity contribution is -0.184. The Morgan fingerprint density at radius 1 is 1.06 bits per heavy atom. The van der Waals surface area contributed by atoms with Gasteiger partial charge in [-0.25, -0.2) is 4.79 Å². The van der Waals surface area contributed by atoms with Gasteiger partial charge in [-0.05, 0) is 48.6 Å². The molecule has 5 rings (SSSR count). The summed E-state index contributed by atoms with van der Waals surface area (Å²) in [5.41, 5.74) is 3.25. The van der Waals surface area contributed by atoms with Crippen LogP contribution >= 0.6 is 0 Å². The zero-order chi connectivity index (χ0) is 21.8. The van der Waals surface area contributed by atoms with E-state index in [1.54, 1.807) is 4.90 Å². The number of fused-ring (bicyclic) bond motifs is 1. The predicted octanol–water partition coefficient (Wildman–Crippen LogP) is 3.29. The number of methoxy groups -OCH3 is 1. The minimum Gasteiger partial charge on any atom is -0.452 e. The third-order valence-corrected chi connectivity index (χ3v) is 6.41. The lowest BCUT2D eigenvalue weighted by Crippen LogP contribution is -2.52. The number of benzene rings is 2. The number of carbonyl (C=O) groups is 2. The summed E-state index contributed by atoms with van der Waals surface area (Å²) in [5.74, 6) is 0.204. The van der Waals surface area contributed by atoms with E-state index in [1.165, 1.54) is 7.11 Å². The average Bonchev–Trinajstić information content (AvgIpc) is 3.61. The molecule has 1 aliphatic carbocycles. The molecule has 31 heavy (non-hydrogen) atoms. The maximum atomic E-state index is 13.0.